The monoisotopic (exact) mass is 247 g/mol. The third-order valence-corrected chi connectivity index (χ3v) is 2.35. The normalized spacial score (nSPS) is 10.1. The Balaban J connectivity index is 2.34. The molecule has 0 fully saturated rings. The van der Waals surface area contributed by atoms with Gasteiger partial charge in [-0.1, -0.05) is 0 Å². The van der Waals surface area contributed by atoms with Gasteiger partial charge in [-0.05, 0) is 36.4 Å². The Morgan fingerprint density at radius 1 is 1.17 bits per heavy atom. The summed E-state index contributed by atoms with van der Waals surface area (Å²) in [5, 5.41) is 13.6. The summed E-state index contributed by atoms with van der Waals surface area (Å²) in [6.45, 7) is 0. The Kier molecular flexibility index (Phi) is 3.09. The molecule has 0 saturated heterocycles. The zero-order chi connectivity index (χ0) is 13.1. The number of nitrogens with zero attached hydrogens (tertiary/aromatic N) is 1. The van der Waals surface area contributed by atoms with Crippen LogP contribution in [0.2, 0.25) is 0 Å². The minimum atomic E-state index is -0.649. The predicted molar refractivity (Wildman–Crippen MR) is 67.2 cm³/mol. The average molecular weight is 247 g/mol. The van der Waals surface area contributed by atoms with Crippen molar-refractivity contribution in [2.45, 2.75) is 0 Å². The molecule has 0 atom stereocenters. The quantitative estimate of drug-likeness (QED) is 0.496. The summed E-state index contributed by atoms with van der Waals surface area (Å²) in [5.74, 6) is -0.649. The molecular weight excluding hydrogens is 237 g/mol. The van der Waals surface area contributed by atoms with Crippen molar-refractivity contribution in [2.24, 2.45) is 0 Å². The number of nitrogen functional groups attached to an aromatic ring is 1. The van der Waals surface area contributed by atoms with Crippen LogP contribution in [0.3, 0.4) is 0 Å². The molecule has 0 unspecified atom stereocenters. The number of hydrogen-bond acceptors (Lipinski definition) is 4. The topological polar surface area (TPSA) is 81.2 Å². The molecule has 2 rings (SSSR count). The molecule has 2 aromatic carbocycles. The van der Waals surface area contributed by atoms with Gasteiger partial charge in [-0.15, -0.1) is 0 Å². The van der Waals surface area contributed by atoms with Gasteiger partial charge in [0.25, 0.3) is 5.69 Å². The van der Waals surface area contributed by atoms with E-state index in [0.29, 0.717) is 11.4 Å². The first-order chi connectivity index (χ1) is 8.56. The molecule has 0 radical (unpaired) electrons. The van der Waals surface area contributed by atoms with Crippen LogP contribution in [0.5, 0.6) is 0 Å². The van der Waals surface area contributed by atoms with Gasteiger partial charge in [0.1, 0.15) is 11.5 Å². The Hall–Kier alpha value is -2.63. The largest absolute Gasteiger partial charge is 0.399 e. The van der Waals surface area contributed by atoms with Gasteiger partial charge >= 0.3 is 0 Å². The lowest BCUT2D eigenvalue weighted by molar-refractivity contribution is -0.384. The van der Waals surface area contributed by atoms with Crippen molar-refractivity contribution in [3.63, 3.8) is 0 Å². The highest BCUT2D eigenvalue weighted by molar-refractivity contribution is 5.70. The zero-order valence-electron chi connectivity index (χ0n) is 9.26. The lowest BCUT2D eigenvalue weighted by Gasteiger charge is -2.07. The summed E-state index contributed by atoms with van der Waals surface area (Å²) >= 11 is 0. The highest BCUT2D eigenvalue weighted by Gasteiger charge is 2.14. The maximum atomic E-state index is 13.0. The number of nitro benzene ring substituents is 1. The van der Waals surface area contributed by atoms with E-state index >= 15 is 0 Å². The van der Waals surface area contributed by atoms with E-state index in [2.05, 4.69) is 5.32 Å². The zero-order valence-corrected chi connectivity index (χ0v) is 9.26. The molecule has 0 aliphatic rings. The molecule has 0 bridgehead atoms. The van der Waals surface area contributed by atoms with Crippen molar-refractivity contribution in [3.8, 4) is 0 Å². The summed E-state index contributed by atoms with van der Waals surface area (Å²) in [6.07, 6.45) is 0. The third-order valence-electron chi connectivity index (χ3n) is 2.35. The van der Waals surface area contributed by atoms with Crippen LogP contribution in [0.15, 0.2) is 42.5 Å². The van der Waals surface area contributed by atoms with Gasteiger partial charge in [-0.2, -0.15) is 0 Å². The molecule has 0 aliphatic heterocycles. The van der Waals surface area contributed by atoms with Crippen LogP contribution < -0.4 is 11.1 Å². The third kappa shape index (κ3) is 2.54. The van der Waals surface area contributed by atoms with Crippen LogP contribution in [0.4, 0.5) is 27.1 Å². The van der Waals surface area contributed by atoms with Crippen molar-refractivity contribution in [2.75, 3.05) is 11.1 Å². The number of nitrogens with one attached hydrogen (secondary N) is 1. The fourth-order valence-electron chi connectivity index (χ4n) is 1.48. The summed E-state index contributed by atoms with van der Waals surface area (Å²) < 4.78 is 13.0. The van der Waals surface area contributed by atoms with Crippen molar-refractivity contribution in [1.29, 1.82) is 0 Å². The Morgan fingerprint density at radius 2 is 1.83 bits per heavy atom. The van der Waals surface area contributed by atoms with E-state index in [1.807, 2.05) is 0 Å². The van der Waals surface area contributed by atoms with E-state index in [1.165, 1.54) is 6.07 Å². The van der Waals surface area contributed by atoms with E-state index in [-0.39, 0.29) is 11.4 Å². The van der Waals surface area contributed by atoms with E-state index in [9.17, 15) is 14.5 Å². The molecule has 5 nitrogen and oxygen atoms in total. The summed E-state index contributed by atoms with van der Waals surface area (Å²) in [7, 11) is 0. The van der Waals surface area contributed by atoms with Gasteiger partial charge in [0, 0.05) is 11.4 Å². The molecule has 18 heavy (non-hydrogen) atoms. The van der Waals surface area contributed by atoms with Crippen LogP contribution in [-0.2, 0) is 0 Å². The minimum Gasteiger partial charge on any atom is -0.399 e. The van der Waals surface area contributed by atoms with E-state index in [4.69, 9.17) is 5.73 Å². The molecule has 0 heterocycles. The number of nitrogens with two attached hydrogens (primary N) is 1. The maximum Gasteiger partial charge on any atom is 0.295 e. The van der Waals surface area contributed by atoms with Crippen LogP contribution in [0.25, 0.3) is 0 Å². The van der Waals surface area contributed by atoms with Crippen molar-refractivity contribution >= 4 is 22.7 Å². The number of nitro groups is 1. The molecule has 0 spiro atoms. The highest BCUT2D eigenvalue weighted by atomic mass is 19.1. The van der Waals surface area contributed by atoms with E-state index in [0.717, 1.165) is 12.1 Å². The van der Waals surface area contributed by atoms with Gasteiger partial charge in [-0.3, -0.25) is 10.1 Å². The smallest absolute Gasteiger partial charge is 0.295 e. The number of rotatable bonds is 3. The van der Waals surface area contributed by atoms with Crippen LogP contribution in [-0.4, -0.2) is 4.92 Å². The molecule has 0 saturated carbocycles. The summed E-state index contributed by atoms with van der Waals surface area (Å²) in [4.78, 5) is 10.2. The molecular formula is C12H10FN3O2. The molecule has 0 amide bonds. The minimum absolute atomic E-state index is 0.228. The van der Waals surface area contributed by atoms with Gasteiger partial charge in [0.15, 0.2) is 0 Å². The van der Waals surface area contributed by atoms with Gasteiger partial charge in [-0.25, -0.2) is 4.39 Å². The van der Waals surface area contributed by atoms with Crippen molar-refractivity contribution in [1.82, 2.24) is 0 Å². The summed E-state index contributed by atoms with van der Waals surface area (Å²) in [6, 6.07) is 10.1. The van der Waals surface area contributed by atoms with Crippen molar-refractivity contribution in [3.05, 3.63) is 58.4 Å². The number of halogens is 1. The molecule has 0 aliphatic carbocycles. The first kappa shape index (κ1) is 11.8. The van der Waals surface area contributed by atoms with Crippen LogP contribution in [0, 0.1) is 15.9 Å². The molecule has 0 aromatic heterocycles. The van der Waals surface area contributed by atoms with Crippen molar-refractivity contribution < 1.29 is 9.31 Å². The van der Waals surface area contributed by atoms with E-state index < -0.39 is 10.7 Å². The van der Waals surface area contributed by atoms with Gasteiger partial charge in [0.05, 0.1) is 11.0 Å². The second kappa shape index (κ2) is 4.70. The number of hydrogen-bond donors (Lipinski definition) is 2. The number of benzene rings is 2. The van der Waals surface area contributed by atoms with Gasteiger partial charge in [0.2, 0.25) is 0 Å². The highest BCUT2D eigenvalue weighted by Crippen LogP contribution is 2.28. The second-order valence-electron chi connectivity index (χ2n) is 3.67. The lowest BCUT2D eigenvalue weighted by atomic mass is 10.2. The first-order valence-electron chi connectivity index (χ1n) is 5.13. The van der Waals surface area contributed by atoms with E-state index in [1.54, 1.807) is 24.3 Å². The Bertz CT molecular complexity index is 584. The summed E-state index contributed by atoms with van der Waals surface area (Å²) in [5.41, 5.74) is 6.68. The van der Waals surface area contributed by atoms with Crippen LogP contribution >= 0.6 is 0 Å². The molecule has 2 aromatic rings. The fourth-order valence-corrected chi connectivity index (χ4v) is 1.48. The Labute approximate surface area is 102 Å². The van der Waals surface area contributed by atoms with Gasteiger partial charge < -0.3 is 11.1 Å². The second-order valence-corrected chi connectivity index (χ2v) is 3.67. The average Bonchev–Trinajstić information content (AvgIpc) is 2.34. The fraction of sp³-hybridized carbons (Fsp3) is 0. The molecule has 6 heteroatoms. The molecule has 92 valence electrons. The standard InChI is InChI=1S/C12H10FN3O2/c13-8-1-6-11(12(7-8)16(17)18)15-10-4-2-9(14)3-5-10/h1-7,15H,14H2. The number of anilines is 3. The van der Waals surface area contributed by atoms with Crippen LogP contribution in [0.1, 0.15) is 0 Å². The Morgan fingerprint density at radius 3 is 2.44 bits per heavy atom. The SMILES string of the molecule is Nc1ccc(Nc2ccc(F)cc2[N+](=O)[O-])cc1. The first-order valence-corrected chi connectivity index (χ1v) is 5.13. The maximum absolute atomic E-state index is 13.0. The predicted octanol–water partition coefficient (Wildman–Crippen LogP) is 3.06. The molecule has 3 N–H and O–H groups in total. The lowest BCUT2D eigenvalue weighted by Crippen LogP contribution is -1.98.